The van der Waals surface area contributed by atoms with Crippen molar-refractivity contribution in [2.75, 3.05) is 13.2 Å². The minimum Gasteiger partial charge on any atom is -0.394 e. The van der Waals surface area contributed by atoms with Gasteiger partial charge < -0.3 is 64.9 Å². The molecule has 14 unspecified atom stereocenters. The predicted molar refractivity (Wildman–Crippen MR) is 201 cm³/mol. The summed E-state index contributed by atoms with van der Waals surface area (Å²) in [5, 5.41) is 97.4. The summed E-state index contributed by atoms with van der Waals surface area (Å²) in [6.07, 6.45) is -6.48. The Hall–Kier alpha value is -0.780. The standard InChI is InChI=1S/C42H72O13/c1-21(2)10-9-14-42(8,51)22-11-16-41(7)29(22)23(45)18-27-39(5)15-13-28(38(3,4)26(39)12-17-40(27,41)6)54-37-35(33(49)31(47)25(20-44)53-37)55-36-34(50)32(48)30(46)24(19-43)52-36/h10,22-37,43-51H,9,11-20H2,1-8H3/t22?,23-,24?,25?,26?,27?,28+,29?,30?,31?,32?,33?,34?,35?,36?,37?,39+,40-,41-,42-/m1/s1. The second-order valence-electron chi connectivity index (χ2n) is 20.1. The first-order valence-corrected chi connectivity index (χ1v) is 20.9. The fourth-order valence-corrected chi connectivity index (χ4v) is 13.3. The molecule has 2 saturated heterocycles. The van der Waals surface area contributed by atoms with Crippen LogP contribution in [0.1, 0.15) is 113 Å². The second kappa shape index (κ2) is 15.7. The topological polar surface area (TPSA) is 219 Å². The predicted octanol–water partition coefficient (Wildman–Crippen LogP) is 2.15. The Morgan fingerprint density at radius 1 is 0.727 bits per heavy atom. The zero-order valence-electron chi connectivity index (χ0n) is 34.3. The highest BCUT2D eigenvalue weighted by Gasteiger charge is 2.71. The Bertz CT molecular complexity index is 1370. The lowest BCUT2D eigenvalue weighted by atomic mass is 9.35. The molecule has 2 aliphatic heterocycles. The monoisotopic (exact) mass is 784 g/mol. The molecule has 6 fully saturated rings. The largest absolute Gasteiger partial charge is 0.394 e. The smallest absolute Gasteiger partial charge is 0.187 e. The molecule has 13 heteroatoms. The van der Waals surface area contributed by atoms with Gasteiger partial charge >= 0.3 is 0 Å². The number of fused-ring (bicyclic) bond motifs is 5. The number of aliphatic hydroxyl groups is 9. The van der Waals surface area contributed by atoms with Gasteiger partial charge in [0.05, 0.1) is 31.0 Å². The van der Waals surface area contributed by atoms with Crippen LogP contribution in [0.4, 0.5) is 0 Å². The van der Waals surface area contributed by atoms with Crippen LogP contribution >= 0.6 is 0 Å². The molecule has 0 aromatic heterocycles. The van der Waals surface area contributed by atoms with Crippen molar-refractivity contribution < 1.29 is 64.9 Å². The number of ether oxygens (including phenoxy) is 4. The quantitative estimate of drug-likeness (QED) is 0.115. The zero-order chi connectivity index (χ0) is 40.6. The summed E-state index contributed by atoms with van der Waals surface area (Å²) in [4.78, 5) is 0. The second-order valence-corrected chi connectivity index (χ2v) is 20.1. The molecule has 0 radical (unpaired) electrons. The normalized spacial score (nSPS) is 52.0. The molecule has 20 atom stereocenters. The molecular weight excluding hydrogens is 712 g/mol. The van der Waals surface area contributed by atoms with Crippen molar-refractivity contribution in [3.05, 3.63) is 11.6 Å². The van der Waals surface area contributed by atoms with Gasteiger partial charge in [-0.25, -0.2) is 0 Å². The van der Waals surface area contributed by atoms with Crippen LogP contribution < -0.4 is 0 Å². The first-order valence-electron chi connectivity index (χ1n) is 20.9. The molecule has 0 bridgehead atoms. The van der Waals surface area contributed by atoms with Crippen LogP contribution in [0.3, 0.4) is 0 Å². The summed E-state index contributed by atoms with van der Waals surface area (Å²) < 4.78 is 24.4. The third kappa shape index (κ3) is 7.20. The van der Waals surface area contributed by atoms with E-state index in [1.807, 2.05) is 6.92 Å². The van der Waals surface area contributed by atoms with Gasteiger partial charge in [0, 0.05) is 0 Å². The van der Waals surface area contributed by atoms with Crippen LogP contribution in [-0.4, -0.2) is 138 Å². The van der Waals surface area contributed by atoms with Crippen LogP contribution in [0.5, 0.6) is 0 Å². The average Bonchev–Trinajstić information content (AvgIpc) is 3.50. The van der Waals surface area contributed by atoms with E-state index in [-0.39, 0.29) is 39.9 Å². The van der Waals surface area contributed by atoms with Crippen LogP contribution in [0, 0.1) is 45.3 Å². The Kier molecular flexibility index (Phi) is 12.5. The van der Waals surface area contributed by atoms with Crippen LogP contribution in [-0.2, 0) is 18.9 Å². The number of hydrogen-bond donors (Lipinski definition) is 9. The zero-order valence-corrected chi connectivity index (χ0v) is 34.3. The summed E-state index contributed by atoms with van der Waals surface area (Å²) in [5.41, 5.74) is -0.405. The van der Waals surface area contributed by atoms with Crippen LogP contribution in [0.15, 0.2) is 11.6 Å². The van der Waals surface area contributed by atoms with Crippen molar-refractivity contribution in [3.63, 3.8) is 0 Å². The van der Waals surface area contributed by atoms with Gasteiger partial charge in [-0.2, -0.15) is 0 Å². The van der Waals surface area contributed by atoms with E-state index in [1.165, 1.54) is 5.57 Å². The van der Waals surface area contributed by atoms with E-state index in [4.69, 9.17) is 18.9 Å². The molecular formula is C42H72O13. The first kappa shape index (κ1) is 43.8. The maximum Gasteiger partial charge on any atom is 0.187 e. The van der Waals surface area contributed by atoms with Crippen LogP contribution in [0.2, 0.25) is 0 Å². The molecule has 13 nitrogen and oxygen atoms in total. The number of allylic oxidation sites excluding steroid dienone is 2. The number of aliphatic hydroxyl groups excluding tert-OH is 8. The molecule has 0 aromatic rings. The Morgan fingerprint density at radius 3 is 1.95 bits per heavy atom. The maximum absolute atomic E-state index is 12.2. The Labute approximate surface area is 327 Å². The fraction of sp³-hybridized carbons (Fsp3) is 0.952. The lowest BCUT2D eigenvalue weighted by Gasteiger charge is -2.70. The Balaban J connectivity index is 1.23. The van der Waals surface area contributed by atoms with Gasteiger partial charge in [-0.1, -0.05) is 46.3 Å². The third-order valence-electron chi connectivity index (χ3n) is 16.6. The molecule has 6 aliphatic rings. The van der Waals surface area contributed by atoms with Crippen molar-refractivity contribution >= 4 is 0 Å². The van der Waals surface area contributed by atoms with Crippen molar-refractivity contribution in [2.45, 2.75) is 192 Å². The van der Waals surface area contributed by atoms with Gasteiger partial charge in [0.2, 0.25) is 0 Å². The number of hydrogen-bond acceptors (Lipinski definition) is 13. The highest BCUT2D eigenvalue weighted by Crippen LogP contribution is 2.76. The van der Waals surface area contributed by atoms with E-state index < -0.39 is 97.8 Å². The van der Waals surface area contributed by atoms with Crippen LogP contribution in [0.25, 0.3) is 0 Å². The molecule has 0 spiro atoms. The van der Waals surface area contributed by atoms with E-state index in [1.54, 1.807) is 0 Å². The van der Waals surface area contributed by atoms with Gasteiger partial charge in [-0.3, -0.25) is 0 Å². The molecule has 4 saturated carbocycles. The summed E-state index contributed by atoms with van der Waals surface area (Å²) in [7, 11) is 0. The molecule has 4 aliphatic carbocycles. The summed E-state index contributed by atoms with van der Waals surface area (Å²) in [6.45, 7) is 16.5. The molecule has 6 rings (SSSR count). The van der Waals surface area contributed by atoms with Gasteiger partial charge in [0.1, 0.15) is 48.8 Å². The van der Waals surface area contributed by atoms with Crippen molar-refractivity contribution in [1.82, 2.24) is 0 Å². The van der Waals surface area contributed by atoms with Crippen molar-refractivity contribution in [2.24, 2.45) is 45.3 Å². The highest BCUT2D eigenvalue weighted by molar-refractivity contribution is 5.20. The molecule has 55 heavy (non-hydrogen) atoms. The molecule has 318 valence electrons. The summed E-state index contributed by atoms with van der Waals surface area (Å²) >= 11 is 0. The van der Waals surface area contributed by atoms with E-state index in [0.29, 0.717) is 19.3 Å². The van der Waals surface area contributed by atoms with E-state index in [9.17, 15) is 46.0 Å². The first-order chi connectivity index (χ1) is 25.6. The highest BCUT2D eigenvalue weighted by atomic mass is 16.8. The lowest BCUT2D eigenvalue weighted by molar-refractivity contribution is -0.378. The maximum atomic E-state index is 12.2. The van der Waals surface area contributed by atoms with E-state index in [0.717, 1.165) is 38.5 Å². The minimum absolute atomic E-state index is 0.00798. The van der Waals surface area contributed by atoms with Crippen molar-refractivity contribution in [3.8, 4) is 0 Å². The molecule has 9 N–H and O–H groups in total. The molecule has 0 aromatic carbocycles. The van der Waals surface area contributed by atoms with E-state index >= 15 is 0 Å². The minimum atomic E-state index is -1.75. The fourth-order valence-electron chi connectivity index (χ4n) is 13.3. The van der Waals surface area contributed by atoms with E-state index in [2.05, 4.69) is 54.5 Å². The molecule has 0 amide bonds. The number of rotatable bonds is 10. The summed E-state index contributed by atoms with van der Waals surface area (Å²) in [5.74, 6) is 0.445. The SMILES string of the molecule is CC(C)=CCC[C@@](C)(O)C1CC[C@]2(C)C1[C@H](O)CC1[C@@]3(C)CC[C@H](OC4OC(CO)C(O)C(O)C4OC4OC(CO)C(O)C(O)C4O)C(C)(C)C3CC[C@]12C. The van der Waals surface area contributed by atoms with Crippen molar-refractivity contribution in [1.29, 1.82) is 0 Å². The third-order valence-corrected chi connectivity index (χ3v) is 16.6. The van der Waals surface area contributed by atoms with Gasteiger partial charge in [-0.05, 0) is 124 Å². The molecule has 2 heterocycles. The van der Waals surface area contributed by atoms with Gasteiger partial charge in [-0.15, -0.1) is 0 Å². The van der Waals surface area contributed by atoms with Gasteiger partial charge in [0.25, 0.3) is 0 Å². The van der Waals surface area contributed by atoms with Gasteiger partial charge in [0.15, 0.2) is 12.6 Å². The average molecular weight is 785 g/mol. The summed E-state index contributed by atoms with van der Waals surface area (Å²) in [6, 6.07) is 0. The Morgan fingerprint density at radius 2 is 1.33 bits per heavy atom. The lowest BCUT2D eigenvalue weighted by Crippen LogP contribution is -2.68.